The summed E-state index contributed by atoms with van der Waals surface area (Å²) in [6.45, 7) is 3.15. The Balaban J connectivity index is 2.91. The molecular formula is C15H19ClFNO4. The quantitative estimate of drug-likeness (QED) is 0.408. The van der Waals surface area contributed by atoms with Gasteiger partial charge in [0, 0.05) is 23.3 Å². The molecule has 3 atom stereocenters. The van der Waals surface area contributed by atoms with Crippen LogP contribution in [-0.4, -0.2) is 23.3 Å². The predicted molar refractivity (Wildman–Crippen MR) is 81.2 cm³/mol. The molecule has 1 aromatic rings. The van der Waals surface area contributed by atoms with Gasteiger partial charge in [0.15, 0.2) is 0 Å². The smallest absolute Gasteiger partial charge is 0.309 e. The second-order valence-electron chi connectivity index (χ2n) is 5.05. The highest BCUT2D eigenvalue weighted by molar-refractivity contribution is 6.31. The molecule has 0 N–H and O–H groups in total. The van der Waals surface area contributed by atoms with E-state index in [2.05, 4.69) is 4.74 Å². The molecule has 122 valence electrons. The van der Waals surface area contributed by atoms with E-state index in [1.165, 1.54) is 6.92 Å². The third-order valence-electron chi connectivity index (χ3n) is 3.38. The molecule has 5 nitrogen and oxygen atoms in total. The standard InChI is InChI=1S/C15H19ClFNO4/c1-3-6-14(17)22-15(19)9-12(10(2)18(20)21)11-7-4-5-8-13(11)16/h4-5,7-8,10,12,14H,3,6,9H2,1-2H3. The summed E-state index contributed by atoms with van der Waals surface area (Å²) in [5.41, 5.74) is 0.483. The maximum Gasteiger partial charge on any atom is 0.309 e. The van der Waals surface area contributed by atoms with Gasteiger partial charge >= 0.3 is 5.97 Å². The van der Waals surface area contributed by atoms with E-state index in [4.69, 9.17) is 11.6 Å². The maximum atomic E-state index is 13.3. The first-order valence-corrected chi connectivity index (χ1v) is 7.46. The number of ether oxygens (including phenoxy) is 1. The molecule has 0 bridgehead atoms. The van der Waals surface area contributed by atoms with E-state index < -0.39 is 29.2 Å². The monoisotopic (exact) mass is 331 g/mol. The SMILES string of the molecule is CCCC(F)OC(=O)CC(c1ccccc1Cl)C(C)[N+](=O)[O-]. The Labute approximate surface area is 133 Å². The molecule has 0 fully saturated rings. The van der Waals surface area contributed by atoms with Crippen molar-refractivity contribution in [3.05, 3.63) is 45.0 Å². The second kappa shape index (κ2) is 8.68. The summed E-state index contributed by atoms with van der Waals surface area (Å²) in [5.74, 6) is -1.58. The number of carbonyl (C=O) groups is 1. The van der Waals surface area contributed by atoms with Crippen LogP contribution in [0.2, 0.25) is 5.02 Å². The van der Waals surface area contributed by atoms with Gasteiger partial charge < -0.3 is 4.74 Å². The lowest BCUT2D eigenvalue weighted by Crippen LogP contribution is -2.28. The molecule has 0 spiro atoms. The van der Waals surface area contributed by atoms with Crippen molar-refractivity contribution in [2.45, 2.75) is 51.4 Å². The molecule has 0 saturated heterocycles. The Morgan fingerprint density at radius 3 is 2.64 bits per heavy atom. The average Bonchev–Trinajstić information content (AvgIpc) is 2.45. The third kappa shape index (κ3) is 5.26. The van der Waals surface area contributed by atoms with Crippen molar-refractivity contribution >= 4 is 17.6 Å². The van der Waals surface area contributed by atoms with Crippen molar-refractivity contribution in [3.8, 4) is 0 Å². The van der Waals surface area contributed by atoms with Crippen LogP contribution in [0.3, 0.4) is 0 Å². The topological polar surface area (TPSA) is 69.4 Å². The first kappa shape index (κ1) is 18.4. The molecule has 0 heterocycles. The first-order valence-electron chi connectivity index (χ1n) is 7.08. The molecule has 3 unspecified atom stereocenters. The minimum absolute atomic E-state index is 0.104. The zero-order valence-electron chi connectivity index (χ0n) is 12.5. The van der Waals surface area contributed by atoms with E-state index in [-0.39, 0.29) is 12.8 Å². The van der Waals surface area contributed by atoms with Gasteiger partial charge in [-0.1, -0.05) is 36.7 Å². The van der Waals surface area contributed by atoms with Gasteiger partial charge in [-0.25, -0.2) is 4.39 Å². The van der Waals surface area contributed by atoms with Crippen molar-refractivity contribution in [3.63, 3.8) is 0 Å². The lowest BCUT2D eigenvalue weighted by Gasteiger charge is -2.19. The Morgan fingerprint density at radius 1 is 1.45 bits per heavy atom. The molecular weight excluding hydrogens is 313 g/mol. The summed E-state index contributed by atoms with van der Waals surface area (Å²) < 4.78 is 18.0. The minimum Gasteiger partial charge on any atom is -0.431 e. The van der Waals surface area contributed by atoms with Gasteiger partial charge in [-0.05, 0) is 18.1 Å². The normalized spacial score (nSPS) is 14.9. The summed E-state index contributed by atoms with van der Waals surface area (Å²) in [5, 5.41) is 11.4. The number of nitro groups is 1. The molecule has 0 saturated carbocycles. The van der Waals surface area contributed by atoms with Crippen molar-refractivity contribution in [2.75, 3.05) is 0 Å². The second-order valence-corrected chi connectivity index (χ2v) is 5.45. The Morgan fingerprint density at radius 2 is 2.09 bits per heavy atom. The van der Waals surface area contributed by atoms with Crippen LogP contribution in [0.1, 0.15) is 44.6 Å². The van der Waals surface area contributed by atoms with Crippen LogP contribution in [0.25, 0.3) is 0 Å². The van der Waals surface area contributed by atoms with Crippen LogP contribution in [-0.2, 0) is 9.53 Å². The maximum absolute atomic E-state index is 13.3. The molecule has 0 aliphatic rings. The summed E-state index contributed by atoms with van der Waals surface area (Å²) >= 11 is 6.06. The zero-order chi connectivity index (χ0) is 16.7. The number of esters is 1. The van der Waals surface area contributed by atoms with Gasteiger partial charge in [0.1, 0.15) is 0 Å². The Hall–Kier alpha value is -1.69. The molecule has 0 aromatic heterocycles. The summed E-state index contributed by atoms with van der Waals surface area (Å²) in [4.78, 5) is 22.4. The van der Waals surface area contributed by atoms with Crippen LogP contribution < -0.4 is 0 Å². The van der Waals surface area contributed by atoms with E-state index in [1.807, 2.05) is 0 Å². The molecule has 22 heavy (non-hydrogen) atoms. The Bertz CT molecular complexity index is 526. The molecule has 1 rings (SSSR count). The molecule has 0 radical (unpaired) electrons. The average molecular weight is 332 g/mol. The fourth-order valence-electron chi connectivity index (χ4n) is 2.12. The number of hydrogen-bond acceptors (Lipinski definition) is 4. The molecule has 1 aromatic carbocycles. The lowest BCUT2D eigenvalue weighted by atomic mass is 9.89. The van der Waals surface area contributed by atoms with E-state index >= 15 is 0 Å². The number of carbonyl (C=O) groups excluding carboxylic acids is 1. The Kier molecular flexibility index (Phi) is 7.24. The van der Waals surface area contributed by atoms with Gasteiger partial charge in [0.25, 0.3) is 0 Å². The fourth-order valence-corrected chi connectivity index (χ4v) is 2.40. The molecule has 7 heteroatoms. The van der Waals surface area contributed by atoms with Crippen LogP contribution in [0.4, 0.5) is 4.39 Å². The fraction of sp³-hybridized carbons (Fsp3) is 0.533. The van der Waals surface area contributed by atoms with Crippen LogP contribution in [0, 0.1) is 10.1 Å². The van der Waals surface area contributed by atoms with E-state index in [0.717, 1.165) is 0 Å². The summed E-state index contributed by atoms with van der Waals surface area (Å²) in [7, 11) is 0. The van der Waals surface area contributed by atoms with E-state index in [1.54, 1.807) is 31.2 Å². The highest BCUT2D eigenvalue weighted by atomic mass is 35.5. The molecule has 0 amide bonds. The van der Waals surface area contributed by atoms with E-state index in [9.17, 15) is 19.3 Å². The van der Waals surface area contributed by atoms with Crippen molar-refractivity contribution in [2.24, 2.45) is 0 Å². The van der Waals surface area contributed by atoms with Gasteiger partial charge in [-0.2, -0.15) is 0 Å². The van der Waals surface area contributed by atoms with Crippen molar-refractivity contribution in [1.82, 2.24) is 0 Å². The van der Waals surface area contributed by atoms with Crippen molar-refractivity contribution in [1.29, 1.82) is 0 Å². The first-order chi connectivity index (χ1) is 10.4. The van der Waals surface area contributed by atoms with Gasteiger partial charge in [0.05, 0.1) is 12.3 Å². The summed E-state index contributed by atoms with van der Waals surface area (Å²) in [6.07, 6.45) is -1.34. The van der Waals surface area contributed by atoms with Gasteiger partial charge in [0.2, 0.25) is 12.4 Å². The summed E-state index contributed by atoms with van der Waals surface area (Å²) in [6, 6.07) is 5.55. The minimum atomic E-state index is -1.68. The highest BCUT2D eigenvalue weighted by Gasteiger charge is 2.32. The van der Waals surface area contributed by atoms with Crippen LogP contribution in [0.5, 0.6) is 0 Å². The largest absolute Gasteiger partial charge is 0.431 e. The van der Waals surface area contributed by atoms with Crippen molar-refractivity contribution < 1.29 is 18.8 Å². The number of alkyl halides is 1. The molecule has 0 aliphatic heterocycles. The highest BCUT2D eigenvalue weighted by Crippen LogP contribution is 2.31. The van der Waals surface area contributed by atoms with Gasteiger partial charge in [-0.15, -0.1) is 0 Å². The van der Waals surface area contributed by atoms with E-state index in [0.29, 0.717) is 17.0 Å². The van der Waals surface area contributed by atoms with Crippen LogP contribution >= 0.6 is 11.6 Å². The number of rotatable bonds is 8. The van der Waals surface area contributed by atoms with Crippen LogP contribution in [0.15, 0.2) is 24.3 Å². The number of halogens is 2. The molecule has 0 aliphatic carbocycles. The number of nitrogens with zero attached hydrogens (tertiary/aromatic N) is 1. The number of benzene rings is 1. The third-order valence-corrected chi connectivity index (χ3v) is 3.73. The predicted octanol–water partition coefficient (Wildman–Crippen LogP) is 4.12. The zero-order valence-corrected chi connectivity index (χ0v) is 13.3. The number of hydrogen-bond donors (Lipinski definition) is 0. The lowest BCUT2D eigenvalue weighted by molar-refractivity contribution is -0.522. The van der Waals surface area contributed by atoms with Gasteiger partial charge in [-0.3, -0.25) is 14.9 Å².